The van der Waals surface area contributed by atoms with Gasteiger partial charge in [0.05, 0.1) is 10.4 Å². The normalized spacial score (nSPS) is 14.1. The molecule has 1 aliphatic rings. The Kier molecular flexibility index (Phi) is 3.21. The number of rotatable bonds is 2. The molecule has 0 saturated carbocycles. The quantitative estimate of drug-likeness (QED) is 0.299. The van der Waals surface area contributed by atoms with Crippen LogP contribution in [0, 0.1) is 10.1 Å². The van der Waals surface area contributed by atoms with E-state index in [-0.39, 0.29) is 10.6 Å². The summed E-state index contributed by atoms with van der Waals surface area (Å²) in [5.74, 6) is 0. The Hall–Kier alpha value is -3.18. The number of benzene rings is 3. The number of non-ortho nitro benzene ring substituents is 1. The van der Waals surface area contributed by atoms with Crippen LogP contribution in [0.2, 0.25) is 13.1 Å². The van der Waals surface area contributed by atoms with E-state index < -0.39 is 8.07 Å². The molecule has 0 atom stereocenters. The lowest BCUT2D eigenvalue weighted by molar-refractivity contribution is -0.384. The van der Waals surface area contributed by atoms with Gasteiger partial charge < -0.3 is 4.57 Å². The summed E-state index contributed by atoms with van der Waals surface area (Å²) in [4.78, 5) is 10.7. The van der Waals surface area contributed by atoms with Gasteiger partial charge in [0.25, 0.3) is 5.69 Å². The summed E-state index contributed by atoms with van der Waals surface area (Å²) >= 11 is 0. The van der Waals surface area contributed by atoms with Crippen molar-refractivity contribution in [3.8, 4) is 16.8 Å². The van der Waals surface area contributed by atoms with Crippen LogP contribution >= 0.6 is 0 Å². The fourth-order valence-electron chi connectivity index (χ4n) is 4.47. The van der Waals surface area contributed by atoms with Gasteiger partial charge in [-0.2, -0.15) is 0 Å². The van der Waals surface area contributed by atoms with Crippen LogP contribution in [0.5, 0.6) is 0 Å². The number of hydrogen-bond acceptors (Lipinski definition) is 2. The molecule has 1 aliphatic heterocycles. The van der Waals surface area contributed by atoms with Crippen molar-refractivity contribution in [3.63, 3.8) is 0 Å². The molecule has 3 aromatic carbocycles. The Morgan fingerprint density at radius 2 is 1.56 bits per heavy atom. The van der Waals surface area contributed by atoms with Gasteiger partial charge in [-0.05, 0) is 28.9 Å². The standard InChI is InChI=1S/C22H18N2O2Si/c1-27(2)20-10-6-4-8-18(20)21-17-7-3-5-9-19(17)23(22(21)27)15-11-13-16(14-12-15)24(25)26/h3-14H,1-2H3. The van der Waals surface area contributed by atoms with Crippen LogP contribution in [-0.2, 0) is 0 Å². The topological polar surface area (TPSA) is 48.1 Å². The van der Waals surface area contributed by atoms with Crippen LogP contribution in [0.4, 0.5) is 5.69 Å². The number of fused-ring (bicyclic) bond motifs is 5. The summed E-state index contributed by atoms with van der Waals surface area (Å²) in [5.41, 5.74) is 4.92. The van der Waals surface area contributed by atoms with Crippen LogP contribution in [0.15, 0.2) is 72.8 Å². The van der Waals surface area contributed by atoms with Crippen LogP contribution in [0.1, 0.15) is 0 Å². The molecule has 1 aromatic heterocycles. The minimum atomic E-state index is -1.90. The molecule has 0 spiro atoms. The maximum Gasteiger partial charge on any atom is 0.269 e. The van der Waals surface area contributed by atoms with E-state index in [9.17, 15) is 10.1 Å². The zero-order valence-corrected chi connectivity index (χ0v) is 16.1. The zero-order valence-electron chi connectivity index (χ0n) is 15.1. The van der Waals surface area contributed by atoms with E-state index >= 15 is 0 Å². The molecule has 4 nitrogen and oxygen atoms in total. The molecule has 2 heterocycles. The van der Waals surface area contributed by atoms with Crippen molar-refractivity contribution in [1.29, 1.82) is 0 Å². The average molecular weight is 370 g/mol. The molecule has 0 unspecified atom stereocenters. The molecule has 0 bridgehead atoms. The Bertz CT molecular complexity index is 1220. The van der Waals surface area contributed by atoms with Crippen molar-refractivity contribution in [3.05, 3.63) is 82.9 Å². The Morgan fingerprint density at radius 3 is 2.30 bits per heavy atom. The van der Waals surface area contributed by atoms with Gasteiger partial charge in [0.15, 0.2) is 0 Å². The second-order valence-corrected chi connectivity index (χ2v) is 11.8. The average Bonchev–Trinajstić information content (AvgIpc) is 3.14. The fourth-order valence-corrected chi connectivity index (χ4v) is 7.82. The first-order chi connectivity index (χ1) is 13.0. The van der Waals surface area contributed by atoms with Crippen molar-refractivity contribution in [2.75, 3.05) is 0 Å². The number of nitro groups is 1. The Balaban J connectivity index is 1.88. The summed E-state index contributed by atoms with van der Waals surface area (Å²) in [6.45, 7) is 4.77. The molecule has 0 saturated heterocycles. The molecule has 4 aromatic rings. The number of nitro benzene ring substituents is 1. The van der Waals surface area contributed by atoms with E-state index in [2.05, 4.69) is 66.2 Å². The number of para-hydroxylation sites is 1. The summed E-state index contributed by atoms with van der Waals surface area (Å²) in [5, 5.41) is 15.1. The number of aromatic nitrogens is 1. The van der Waals surface area contributed by atoms with E-state index in [0.29, 0.717) is 0 Å². The van der Waals surface area contributed by atoms with Crippen LogP contribution < -0.4 is 10.5 Å². The van der Waals surface area contributed by atoms with E-state index in [1.807, 2.05) is 12.1 Å². The molecule has 5 rings (SSSR count). The summed E-state index contributed by atoms with van der Waals surface area (Å²) in [7, 11) is -1.90. The molecule has 132 valence electrons. The largest absolute Gasteiger partial charge is 0.317 e. The summed E-state index contributed by atoms with van der Waals surface area (Å²) in [6, 6.07) is 24.1. The fraction of sp³-hybridized carbons (Fsp3) is 0.0909. The molecule has 0 fully saturated rings. The molecular weight excluding hydrogens is 352 g/mol. The van der Waals surface area contributed by atoms with Gasteiger partial charge >= 0.3 is 0 Å². The van der Waals surface area contributed by atoms with Gasteiger partial charge in [0.1, 0.15) is 8.07 Å². The summed E-state index contributed by atoms with van der Waals surface area (Å²) in [6.07, 6.45) is 0. The first kappa shape index (κ1) is 16.0. The predicted octanol–water partition coefficient (Wildman–Crippen LogP) is 4.34. The molecule has 0 N–H and O–H groups in total. The third kappa shape index (κ3) is 2.09. The van der Waals surface area contributed by atoms with Crippen LogP contribution in [-0.4, -0.2) is 17.6 Å². The lowest BCUT2D eigenvalue weighted by atomic mass is 10.1. The van der Waals surface area contributed by atoms with Gasteiger partial charge in [-0.25, -0.2) is 0 Å². The van der Waals surface area contributed by atoms with E-state index in [1.54, 1.807) is 12.1 Å². The highest BCUT2D eigenvalue weighted by Crippen LogP contribution is 2.37. The third-order valence-corrected chi connectivity index (χ3v) is 9.10. The van der Waals surface area contributed by atoms with Gasteiger partial charge in [0, 0.05) is 34.1 Å². The van der Waals surface area contributed by atoms with E-state index in [1.165, 1.54) is 27.0 Å². The Labute approximate surface area is 157 Å². The zero-order chi connectivity index (χ0) is 18.8. The first-order valence-electron chi connectivity index (χ1n) is 8.99. The second kappa shape index (κ2) is 5.41. The molecule has 0 aliphatic carbocycles. The predicted molar refractivity (Wildman–Crippen MR) is 112 cm³/mol. The molecule has 0 radical (unpaired) electrons. The highest BCUT2D eigenvalue weighted by Gasteiger charge is 2.42. The highest BCUT2D eigenvalue weighted by molar-refractivity contribution is 7.03. The Morgan fingerprint density at radius 1 is 0.889 bits per heavy atom. The van der Waals surface area contributed by atoms with Gasteiger partial charge in [-0.15, -0.1) is 0 Å². The maximum atomic E-state index is 11.1. The smallest absolute Gasteiger partial charge is 0.269 e. The van der Waals surface area contributed by atoms with Crippen molar-refractivity contribution in [2.45, 2.75) is 13.1 Å². The molecule has 27 heavy (non-hydrogen) atoms. The van der Waals surface area contributed by atoms with Crippen molar-refractivity contribution in [2.24, 2.45) is 0 Å². The lowest BCUT2D eigenvalue weighted by Gasteiger charge is -2.22. The number of hydrogen-bond donors (Lipinski definition) is 0. The van der Waals surface area contributed by atoms with Crippen molar-refractivity contribution >= 4 is 35.2 Å². The van der Waals surface area contributed by atoms with Crippen molar-refractivity contribution < 1.29 is 4.92 Å². The summed E-state index contributed by atoms with van der Waals surface area (Å²) < 4.78 is 2.32. The van der Waals surface area contributed by atoms with E-state index in [0.717, 1.165) is 11.2 Å². The minimum absolute atomic E-state index is 0.117. The van der Waals surface area contributed by atoms with Gasteiger partial charge in [-0.1, -0.05) is 55.6 Å². The monoisotopic (exact) mass is 370 g/mol. The van der Waals surface area contributed by atoms with Crippen LogP contribution in [0.3, 0.4) is 0 Å². The van der Waals surface area contributed by atoms with Crippen LogP contribution in [0.25, 0.3) is 27.7 Å². The number of nitrogens with zero attached hydrogens (tertiary/aromatic N) is 2. The molecule has 0 amide bonds. The molecule has 5 heteroatoms. The van der Waals surface area contributed by atoms with E-state index in [4.69, 9.17) is 0 Å². The second-order valence-electron chi connectivity index (χ2n) is 7.52. The third-order valence-electron chi connectivity index (χ3n) is 5.66. The highest BCUT2D eigenvalue weighted by atomic mass is 28.3. The maximum absolute atomic E-state index is 11.1. The molecular formula is C22H18N2O2Si. The lowest BCUT2D eigenvalue weighted by Crippen LogP contribution is -2.52. The van der Waals surface area contributed by atoms with Gasteiger partial charge in [0.2, 0.25) is 0 Å². The SMILES string of the molecule is C[Si]1(C)c2ccccc2-c2c1n(-c1ccc([N+](=O)[O-])cc1)c1ccccc21. The first-order valence-corrected chi connectivity index (χ1v) is 12.0. The minimum Gasteiger partial charge on any atom is -0.317 e. The van der Waals surface area contributed by atoms with Gasteiger partial charge in [-0.3, -0.25) is 10.1 Å². The van der Waals surface area contributed by atoms with Crippen molar-refractivity contribution in [1.82, 2.24) is 4.57 Å².